The molecule has 2 nitrogen and oxygen atoms in total. The Labute approximate surface area is 329 Å². The highest BCUT2D eigenvalue weighted by molar-refractivity contribution is 6.10. The first-order valence-corrected chi connectivity index (χ1v) is 17.7. The minimum atomic E-state index is -0.454. The van der Waals surface area contributed by atoms with Gasteiger partial charge in [0.2, 0.25) is 0 Å². The molecule has 54 heavy (non-hydrogen) atoms. The van der Waals surface area contributed by atoms with Crippen LogP contribution >= 0.6 is 0 Å². The third kappa shape index (κ3) is 5.71. The lowest BCUT2D eigenvalue weighted by molar-refractivity contribution is 1.18. The molecule has 0 spiro atoms. The Kier molecular flexibility index (Phi) is 5.65. The smallest absolute Gasteiger partial charge is 0.0629 e. The zero-order chi connectivity index (χ0) is 44.6. The van der Waals surface area contributed by atoms with E-state index in [0.717, 1.165) is 44.3 Å². The summed E-state index contributed by atoms with van der Waals surface area (Å²) in [6.07, 6.45) is 0. The number of rotatable bonds is 7. The Hall–Kier alpha value is -7.16. The summed E-state index contributed by atoms with van der Waals surface area (Å²) in [6.45, 7) is 0. The summed E-state index contributed by atoms with van der Waals surface area (Å²) in [4.78, 5) is 2.02. The van der Waals surface area contributed by atoms with Gasteiger partial charge in [-0.15, -0.1) is 0 Å². The van der Waals surface area contributed by atoms with E-state index in [1.54, 1.807) is 24.3 Å². The van der Waals surface area contributed by atoms with E-state index >= 15 is 0 Å². The molecule has 9 aromatic carbocycles. The number of benzene rings is 9. The predicted octanol–water partition coefficient (Wildman–Crippen LogP) is 14.4. The van der Waals surface area contributed by atoms with Gasteiger partial charge in [-0.3, -0.25) is 0 Å². The largest absolute Gasteiger partial charge is 0.310 e. The van der Waals surface area contributed by atoms with Gasteiger partial charge < -0.3 is 9.47 Å². The number of anilines is 3. The summed E-state index contributed by atoms with van der Waals surface area (Å²) in [5.74, 6) is 0. The highest BCUT2D eigenvalue weighted by atomic mass is 15.1. The molecule has 10 aromatic rings. The molecule has 0 aliphatic rings. The second-order valence-electron chi connectivity index (χ2n) is 13.1. The molecule has 0 aliphatic carbocycles. The number of nitrogens with zero attached hydrogens (tertiary/aromatic N) is 2. The molecule has 0 amide bonds. The van der Waals surface area contributed by atoms with E-state index in [9.17, 15) is 0 Å². The van der Waals surface area contributed by atoms with Gasteiger partial charge >= 0.3 is 0 Å². The minimum absolute atomic E-state index is 0.106. The van der Waals surface area contributed by atoms with Crippen molar-refractivity contribution in [2.75, 3.05) is 4.90 Å². The van der Waals surface area contributed by atoms with Gasteiger partial charge in [0, 0.05) is 33.5 Å². The Morgan fingerprint density at radius 1 is 0.352 bits per heavy atom. The maximum atomic E-state index is 8.55. The predicted molar refractivity (Wildman–Crippen MR) is 229 cm³/mol. The van der Waals surface area contributed by atoms with Gasteiger partial charge in [-0.1, -0.05) is 151 Å². The van der Waals surface area contributed by atoms with Gasteiger partial charge in [0.05, 0.1) is 24.7 Å². The van der Waals surface area contributed by atoms with Crippen molar-refractivity contribution in [2.24, 2.45) is 0 Å². The zero-order valence-electron chi connectivity index (χ0n) is 38.9. The van der Waals surface area contributed by atoms with Crippen molar-refractivity contribution in [1.29, 1.82) is 0 Å². The van der Waals surface area contributed by atoms with Gasteiger partial charge in [-0.25, -0.2) is 0 Å². The van der Waals surface area contributed by atoms with Gasteiger partial charge in [-0.2, -0.15) is 0 Å². The molecule has 0 N–H and O–H groups in total. The molecule has 0 fully saturated rings. The normalized spacial score (nSPS) is 13.9. The summed E-state index contributed by atoms with van der Waals surface area (Å²) in [7, 11) is 0. The van der Waals surface area contributed by atoms with Crippen LogP contribution in [0.1, 0.15) is 13.7 Å². The SMILES string of the molecule is [2H]c1c([2H])c([2H])c(-c2ccc(N(c3ccc(-c4c([2H])c([2H])c([2H])c([2H])c4[2H])cc3)c3ccc4cc(-c5ccc6c7ccccc7n(-c7ccccc7)c6c5)ccc4c3)cc2)c([2H])c1[2H]. The van der Waals surface area contributed by atoms with Gasteiger partial charge in [0.15, 0.2) is 0 Å². The van der Waals surface area contributed by atoms with Gasteiger partial charge in [-0.05, 0) is 111 Å². The van der Waals surface area contributed by atoms with Crippen LogP contribution in [0.4, 0.5) is 17.1 Å². The molecular formula is C52H36N2. The molecule has 0 unspecified atom stereocenters. The monoisotopic (exact) mass is 698 g/mol. The molecule has 0 atom stereocenters. The second kappa shape index (κ2) is 13.4. The number of aromatic nitrogens is 1. The lowest BCUT2D eigenvalue weighted by Crippen LogP contribution is -2.09. The summed E-state index contributed by atoms with van der Waals surface area (Å²) >= 11 is 0. The third-order valence-electron chi connectivity index (χ3n) is 9.93. The average molecular weight is 699 g/mol. The van der Waals surface area contributed by atoms with Crippen molar-refractivity contribution in [3.63, 3.8) is 0 Å². The van der Waals surface area contributed by atoms with Crippen molar-refractivity contribution < 1.29 is 13.7 Å². The zero-order valence-corrected chi connectivity index (χ0v) is 28.9. The maximum absolute atomic E-state index is 8.55. The molecule has 0 saturated carbocycles. The molecule has 0 aliphatic heterocycles. The van der Waals surface area contributed by atoms with Crippen LogP contribution in [0.3, 0.4) is 0 Å². The van der Waals surface area contributed by atoms with E-state index < -0.39 is 36.3 Å². The average Bonchev–Trinajstić information content (AvgIpc) is 3.66. The molecule has 1 aromatic heterocycles. The maximum Gasteiger partial charge on any atom is 0.0629 e. The first kappa shape index (κ1) is 22.7. The number of hydrogen-bond acceptors (Lipinski definition) is 1. The van der Waals surface area contributed by atoms with E-state index in [1.165, 1.54) is 10.8 Å². The lowest BCUT2D eigenvalue weighted by atomic mass is 9.99. The van der Waals surface area contributed by atoms with Crippen LogP contribution in [0.15, 0.2) is 218 Å². The summed E-state index contributed by atoms with van der Waals surface area (Å²) in [5, 5.41) is 4.38. The molecule has 0 saturated heterocycles. The minimum Gasteiger partial charge on any atom is -0.310 e. The van der Waals surface area contributed by atoms with Crippen LogP contribution < -0.4 is 4.90 Å². The Morgan fingerprint density at radius 2 is 0.852 bits per heavy atom. The fourth-order valence-corrected chi connectivity index (χ4v) is 7.35. The number of fused-ring (bicyclic) bond motifs is 4. The third-order valence-corrected chi connectivity index (χ3v) is 9.93. The molecule has 0 bridgehead atoms. The Balaban J connectivity index is 1.07. The van der Waals surface area contributed by atoms with Crippen molar-refractivity contribution in [2.45, 2.75) is 0 Å². The highest BCUT2D eigenvalue weighted by Crippen LogP contribution is 2.40. The van der Waals surface area contributed by atoms with Crippen LogP contribution in [0, 0.1) is 0 Å². The van der Waals surface area contributed by atoms with Crippen molar-refractivity contribution in [3.8, 4) is 39.1 Å². The van der Waals surface area contributed by atoms with E-state index in [4.69, 9.17) is 13.7 Å². The van der Waals surface area contributed by atoms with Gasteiger partial charge in [0.25, 0.3) is 0 Å². The molecule has 254 valence electrons. The molecule has 1 heterocycles. The highest BCUT2D eigenvalue weighted by Gasteiger charge is 2.16. The molecule has 0 radical (unpaired) electrons. The standard InChI is InChI=1S/C52H36N2/c1-4-12-37(13-5-1)39-22-28-46(29-23-39)53(47-30-24-40(25-31-47)38-14-6-2-7-15-38)48-32-26-42-34-41(20-21-43(42)35-48)44-27-33-50-49-18-10-11-19-51(49)54(52(50)36-44)45-16-8-3-9-17-45/h1-36H/i1D,2D,4D,5D,6D,7D,12D,13D,14D,15D. The first-order valence-electron chi connectivity index (χ1n) is 22.7. The molecule has 2 heteroatoms. The number of hydrogen-bond donors (Lipinski definition) is 0. The Bertz CT molecular complexity index is 3320. The van der Waals surface area contributed by atoms with E-state index in [-0.39, 0.29) is 35.3 Å². The molecule has 10 rings (SSSR count). The fourth-order valence-electron chi connectivity index (χ4n) is 7.35. The van der Waals surface area contributed by atoms with E-state index in [0.29, 0.717) is 22.5 Å². The molecular weight excluding hydrogens is 653 g/mol. The fraction of sp³-hybridized carbons (Fsp3) is 0. The number of para-hydroxylation sites is 2. The summed E-state index contributed by atoms with van der Waals surface area (Å²) < 4.78 is 85.4. The van der Waals surface area contributed by atoms with Crippen molar-refractivity contribution in [1.82, 2.24) is 4.57 Å². The topological polar surface area (TPSA) is 8.17 Å². The lowest BCUT2D eigenvalue weighted by Gasteiger charge is -2.26. The Morgan fingerprint density at radius 3 is 1.52 bits per heavy atom. The van der Waals surface area contributed by atoms with Crippen LogP contribution in [0.2, 0.25) is 0 Å². The van der Waals surface area contributed by atoms with Crippen molar-refractivity contribution in [3.05, 3.63) is 218 Å². The summed E-state index contributed by atoms with van der Waals surface area (Å²) in [6, 6.07) is 48.6. The van der Waals surface area contributed by atoms with Crippen LogP contribution in [-0.4, -0.2) is 4.57 Å². The summed E-state index contributed by atoms with van der Waals surface area (Å²) in [5.41, 5.74) is 8.87. The quantitative estimate of drug-likeness (QED) is 0.161. The van der Waals surface area contributed by atoms with Crippen molar-refractivity contribution >= 4 is 49.6 Å². The van der Waals surface area contributed by atoms with Crippen LogP contribution in [0.5, 0.6) is 0 Å². The van der Waals surface area contributed by atoms with Crippen LogP contribution in [0.25, 0.3) is 71.6 Å². The second-order valence-corrected chi connectivity index (χ2v) is 13.1. The van der Waals surface area contributed by atoms with E-state index in [2.05, 4.69) is 102 Å². The van der Waals surface area contributed by atoms with Gasteiger partial charge in [0.1, 0.15) is 0 Å². The first-order chi connectivity index (χ1) is 30.9. The van der Waals surface area contributed by atoms with Crippen LogP contribution in [-0.2, 0) is 0 Å². The van der Waals surface area contributed by atoms with E-state index in [1.807, 2.05) is 41.3 Å².